The Morgan fingerprint density at radius 3 is 2.60 bits per heavy atom. The predicted molar refractivity (Wildman–Crippen MR) is 128 cm³/mol. The van der Waals surface area contributed by atoms with E-state index >= 15 is 0 Å². The number of carbonyl (C=O) groups excluding carboxylic acids is 1. The van der Waals surface area contributed by atoms with Gasteiger partial charge in [0.15, 0.2) is 0 Å². The average Bonchev–Trinajstić information content (AvgIpc) is 2.78. The summed E-state index contributed by atoms with van der Waals surface area (Å²) in [7, 11) is -3.90. The molecule has 7 nitrogen and oxygen atoms in total. The Morgan fingerprint density at radius 2 is 1.91 bits per heavy atom. The lowest BCUT2D eigenvalue weighted by molar-refractivity contribution is -0.139. The molecule has 1 aliphatic carbocycles. The van der Waals surface area contributed by atoms with Crippen molar-refractivity contribution in [1.29, 1.82) is 0 Å². The van der Waals surface area contributed by atoms with E-state index in [2.05, 4.69) is 10.3 Å². The fraction of sp³-hybridized carbons (Fsp3) is 0.458. The number of hydrogen-bond donors (Lipinski definition) is 3. The quantitative estimate of drug-likeness (QED) is 0.359. The molecular weight excluding hydrogens is 500 g/mol. The van der Waals surface area contributed by atoms with Crippen LogP contribution in [-0.4, -0.2) is 43.2 Å². The van der Waals surface area contributed by atoms with Gasteiger partial charge in [0.2, 0.25) is 15.9 Å². The predicted octanol–water partition coefficient (Wildman–Crippen LogP) is 3.74. The summed E-state index contributed by atoms with van der Waals surface area (Å²) in [6.07, 6.45) is 2.48. The number of amides is 1. The van der Waals surface area contributed by atoms with E-state index in [0.29, 0.717) is 30.6 Å². The van der Waals surface area contributed by atoms with Crippen LogP contribution in [0.5, 0.6) is 0 Å². The second kappa shape index (κ2) is 10.9. The summed E-state index contributed by atoms with van der Waals surface area (Å²) in [5.74, 6) is -1.74. The van der Waals surface area contributed by atoms with Gasteiger partial charge in [-0.25, -0.2) is 22.6 Å². The lowest BCUT2D eigenvalue weighted by Crippen LogP contribution is -2.48. The van der Waals surface area contributed by atoms with Gasteiger partial charge in [0.25, 0.3) is 0 Å². The summed E-state index contributed by atoms with van der Waals surface area (Å²) in [4.78, 5) is 16.4. The van der Waals surface area contributed by atoms with Crippen molar-refractivity contribution in [1.82, 2.24) is 15.2 Å². The zero-order valence-corrected chi connectivity index (χ0v) is 20.6. The molecular formula is C24H28ClF2N3O4S. The van der Waals surface area contributed by atoms with Crippen LogP contribution in [0.2, 0.25) is 5.02 Å². The molecule has 0 bridgehead atoms. The van der Waals surface area contributed by atoms with E-state index in [1.165, 1.54) is 30.3 Å². The minimum Gasteiger partial charge on any atom is -0.373 e. The first-order valence-electron chi connectivity index (χ1n) is 11.6. The van der Waals surface area contributed by atoms with Crippen molar-refractivity contribution in [2.75, 3.05) is 18.8 Å². The number of benzene rings is 2. The van der Waals surface area contributed by atoms with Crippen LogP contribution in [0, 0.1) is 23.5 Å². The van der Waals surface area contributed by atoms with Crippen molar-refractivity contribution in [3.8, 4) is 11.1 Å². The third kappa shape index (κ3) is 6.37. The molecule has 1 saturated carbocycles. The van der Waals surface area contributed by atoms with Gasteiger partial charge >= 0.3 is 0 Å². The number of hydrogen-bond acceptors (Lipinski definition) is 5. The third-order valence-electron chi connectivity index (χ3n) is 6.60. The standard InChI is InChI=1S/C24H28ClF2N3O4S/c25-21-12-18(17-7-2-8-19(26)10-17)11-20(22(21)27)23(31)28-29-35(33,34)14-15-4-3-9-30(13-15)24(32)16-5-1-6-16/h2,7-8,10-12,15-16,23,28-29,31H,1,3-6,9,13-14H2. The summed E-state index contributed by atoms with van der Waals surface area (Å²) < 4.78 is 53.5. The molecule has 1 heterocycles. The molecule has 2 aromatic carbocycles. The topological polar surface area (TPSA) is 98.7 Å². The molecule has 4 rings (SSSR count). The van der Waals surface area contributed by atoms with E-state index in [4.69, 9.17) is 11.6 Å². The Morgan fingerprint density at radius 1 is 1.14 bits per heavy atom. The monoisotopic (exact) mass is 527 g/mol. The van der Waals surface area contributed by atoms with Gasteiger partial charge in [0.1, 0.15) is 17.9 Å². The van der Waals surface area contributed by atoms with Gasteiger partial charge in [-0.2, -0.15) is 0 Å². The first kappa shape index (κ1) is 26.0. The second-order valence-corrected chi connectivity index (χ2v) is 11.4. The Hall–Kier alpha value is -2.11. The Kier molecular flexibility index (Phi) is 8.07. The van der Waals surface area contributed by atoms with Crippen LogP contribution in [-0.2, 0) is 14.8 Å². The molecule has 0 spiro atoms. The Bertz CT molecular complexity index is 1190. The van der Waals surface area contributed by atoms with Crippen molar-refractivity contribution >= 4 is 27.5 Å². The smallest absolute Gasteiger partial charge is 0.225 e. The molecule has 1 amide bonds. The molecule has 190 valence electrons. The van der Waals surface area contributed by atoms with Gasteiger partial charge < -0.3 is 10.0 Å². The maximum atomic E-state index is 14.6. The maximum absolute atomic E-state index is 14.6. The SMILES string of the molecule is O=C(C1CCC1)N1CCCC(CS(=O)(=O)NNC(O)c2cc(-c3cccc(F)c3)cc(Cl)c2F)C1. The van der Waals surface area contributed by atoms with Crippen LogP contribution in [0.4, 0.5) is 8.78 Å². The fourth-order valence-electron chi connectivity index (χ4n) is 4.53. The number of hydrazine groups is 1. The van der Waals surface area contributed by atoms with Crippen LogP contribution in [0.25, 0.3) is 11.1 Å². The Labute approximate surface area is 208 Å². The lowest BCUT2D eigenvalue weighted by atomic mass is 9.83. The minimum absolute atomic E-state index is 0.0603. The number of aliphatic hydroxyl groups excluding tert-OH is 1. The molecule has 2 fully saturated rings. The molecule has 1 aliphatic heterocycles. The second-order valence-electron chi connectivity index (χ2n) is 9.22. The fourth-order valence-corrected chi connectivity index (χ4v) is 6.03. The number of likely N-dealkylation sites (tertiary alicyclic amines) is 1. The highest BCUT2D eigenvalue weighted by Gasteiger charge is 2.33. The normalized spacial score (nSPS) is 19.9. The van der Waals surface area contributed by atoms with Crippen molar-refractivity contribution in [2.45, 2.75) is 38.3 Å². The highest BCUT2D eigenvalue weighted by molar-refractivity contribution is 7.89. The summed E-state index contributed by atoms with van der Waals surface area (Å²) in [6, 6.07) is 8.14. The first-order chi connectivity index (χ1) is 16.6. The number of nitrogens with zero attached hydrogens (tertiary/aromatic N) is 1. The number of carbonyl (C=O) groups is 1. The molecule has 2 aromatic rings. The summed E-state index contributed by atoms with van der Waals surface area (Å²) in [5, 5.41) is 10.2. The van der Waals surface area contributed by atoms with Crippen molar-refractivity contribution in [3.05, 3.63) is 58.6 Å². The molecule has 1 saturated heterocycles. The molecule has 2 unspecified atom stereocenters. The molecule has 11 heteroatoms. The van der Waals surface area contributed by atoms with Crippen LogP contribution in [0.15, 0.2) is 36.4 Å². The zero-order chi connectivity index (χ0) is 25.2. The number of rotatable bonds is 8. The van der Waals surface area contributed by atoms with Crippen LogP contribution in [0.1, 0.15) is 43.9 Å². The van der Waals surface area contributed by atoms with Gasteiger partial charge in [0, 0.05) is 24.6 Å². The third-order valence-corrected chi connectivity index (χ3v) is 8.21. The van der Waals surface area contributed by atoms with Crippen molar-refractivity contribution in [2.24, 2.45) is 11.8 Å². The number of nitrogens with one attached hydrogen (secondary N) is 2. The Balaban J connectivity index is 1.39. The van der Waals surface area contributed by atoms with Gasteiger partial charge in [-0.05, 0) is 67.0 Å². The van der Waals surface area contributed by atoms with Gasteiger partial charge in [-0.15, -0.1) is 4.83 Å². The van der Waals surface area contributed by atoms with Crippen LogP contribution >= 0.6 is 11.6 Å². The highest BCUT2D eigenvalue weighted by atomic mass is 35.5. The molecule has 2 atom stereocenters. The van der Waals surface area contributed by atoms with E-state index < -0.39 is 27.9 Å². The van der Waals surface area contributed by atoms with E-state index in [-0.39, 0.29) is 34.1 Å². The maximum Gasteiger partial charge on any atom is 0.225 e. The molecule has 0 aromatic heterocycles. The van der Waals surface area contributed by atoms with Crippen LogP contribution in [0.3, 0.4) is 0 Å². The van der Waals surface area contributed by atoms with Gasteiger partial charge in [0.05, 0.1) is 10.8 Å². The van der Waals surface area contributed by atoms with Crippen molar-refractivity contribution in [3.63, 3.8) is 0 Å². The summed E-state index contributed by atoms with van der Waals surface area (Å²) in [5.41, 5.74) is 2.70. The van der Waals surface area contributed by atoms with E-state index in [1.807, 2.05) is 0 Å². The van der Waals surface area contributed by atoms with E-state index in [9.17, 15) is 27.1 Å². The summed E-state index contributed by atoms with van der Waals surface area (Å²) >= 11 is 5.97. The van der Waals surface area contributed by atoms with E-state index in [0.717, 1.165) is 25.7 Å². The molecule has 35 heavy (non-hydrogen) atoms. The first-order valence-corrected chi connectivity index (χ1v) is 13.6. The van der Waals surface area contributed by atoms with Crippen molar-refractivity contribution < 1.29 is 27.1 Å². The van der Waals surface area contributed by atoms with Gasteiger partial charge in [-0.1, -0.05) is 30.2 Å². The zero-order valence-electron chi connectivity index (χ0n) is 19.0. The molecule has 0 radical (unpaired) electrons. The van der Waals surface area contributed by atoms with E-state index in [1.54, 1.807) is 11.0 Å². The molecule has 2 aliphatic rings. The number of halogens is 3. The largest absolute Gasteiger partial charge is 0.373 e. The number of piperidine rings is 1. The lowest BCUT2D eigenvalue weighted by Gasteiger charge is -2.37. The highest BCUT2D eigenvalue weighted by Crippen LogP contribution is 2.31. The average molecular weight is 528 g/mol. The van der Waals surface area contributed by atoms with Crippen LogP contribution < -0.4 is 10.3 Å². The summed E-state index contributed by atoms with van der Waals surface area (Å²) in [6.45, 7) is 1.01. The van der Waals surface area contributed by atoms with Gasteiger partial charge in [-0.3, -0.25) is 4.79 Å². The number of sulfonamides is 1. The minimum atomic E-state index is -3.90. The number of aliphatic hydroxyl groups is 1. The molecule has 3 N–H and O–H groups in total.